The Balaban J connectivity index is 1.13. The highest BCUT2D eigenvalue weighted by Gasteiger charge is 2.27. The molecule has 0 aromatic heterocycles. The van der Waals surface area contributed by atoms with Crippen LogP contribution in [0, 0.1) is 17.7 Å². The van der Waals surface area contributed by atoms with E-state index in [4.69, 9.17) is 11.6 Å². The summed E-state index contributed by atoms with van der Waals surface area (Å²) in [6.45, 7) is 2.96. The van der Waals surface area contributed by atoms with Crippen LogP contribution in [0.15, 0.2) is 48.5 Å². The van der Waals surface area contributed by atoms with E-state index in [-0.39, 0.29) is 29.6 Å². The summed E-state index contributed by atoms with van der Waals surface area (Å²) in [6.07, 6.45) is 7.20. The molecule has 1 saturated heterocycles. The molecule has 1 saturated carbocycles. The number of hydrogen-bond donors (Lipinski definition) is 1. The lowest BCUT2D eigenvalue weighted by Gasteiger charge is -2.34. The second-order valence-electron chi connectivity index (χ2n) is 9.98. The zero-order chi connectivity index (χ0) is 24.8. The number of likely N-dealkylation sites (tertiary alicyclic amines) is 1. The highest BCUT2D eigenvalue weighted by atomic mass is 35.5. The molecule has 5 nitrogen and oxygen atoms in total. The average Bonchev–Trinajstić information content (AvgIpc) is 2.88. The predicted molar refractivity (Wildman–Crippen MR) is 139 cm³/mol. The molecule has 7 heteroatoms. The Kier molecular flexibility index (Phi) is 8.79. The van der Waals surface area contributed by atoms with Crippen LogP contribution in [-0.2, 0) is 0 Å². The maximum atomic E-state index is 13.1. The van der Waals surface area contributed by atoms with E-state index >= 15 is 0 Å². The summed E-state index contributed by atoms with van der Waals surface area (Å²) in [5.74, 6) is 0.572. The summed E-state index contributed by atoms with van der Waals surface area (Å²) in [5.41, 5.74) is 1.44. The van der Waals surface area contributed by atoms with Crippen molar-refractivity contribution in [3.05, 3.63) is 64.9 Å². The molecule has 0 radical (unpaired) electrons. The molecule has 2 aliphatic rings. The second-order valence-corrected chi connectivity index (χ2v) is 10.4. The van der Waals surface area contributed by atoms with E-state index in [9.17, 15) is 14.0 Å². The lowest BCUT2D eigenvalue weighted by Crippen LogP contribution is -2.44. The lowest BCUT2D eigenvalue weighted by atomic mass is 9.83. The number of anilines is 1. The molecule has 2 aromatic carbocycles. The molecule has 2 aromatic rings. The van der Waals surface area contributed by atoms with E-state index < -0.39 is 0 Å². The van der Waals surface area contributed by atoms with Crippen molar-refractivity contribution in [3.8, 4) is 0 Å². The maximum Gasteiger partial charge on any atom is 0.321 e. The normalized spacial score (nSPS) is 21.5. The third kappa shape index (κ3) is 7.05. The monoisotopic (exact) mass is 499 g/mol. The summed E-state index contributed by atoms with van der Waals surface area (Å²) in [6, 6.07) is 13.3. The van der Waals surface area contributed by atoms with E-state index in [1.807, 2.05) is 12.1 Å². The topological polar surface area (TPSA) is 52.7 Å². The number of amides is 2. The van der Waals surface area contributed by atoms with Gasteiger partial charge in [0.15, 0.2) is 5.78 Å². The van der Waals surface area contributed by atoms with Crippen LogP contribution in [0.25, 0.3) is 0 Å². The van der Waals surface area contributed by atoms with Crippen molar-refractivity contribution in [2.45, 2.75) is 51.0 Å². The number of carbonyl (C=O) groups is 2. The Labute approximate surface area is 212 Å². The third-order valence-corrected chi connectivity index (χ3v) is 7.89. The van der Waals surface area contributed by atoms with E-state index in [2.05, 4.69) is 10.2 Å². The Bertz CT molecular complexity index is 982. The first kappa shape index (κ1) is 25.6. The maximum absolute atomic E-state index is 13.1. The Morgan fingerprint density at radius 1 is 0.971 bits per heavy atom. The van der Waals surface area contributed by atoms with Gasteiger partial charge in [0.05, 0.1) is 0 Å². The number of piperidine rings is 1. The number of ketones is 1. The lowest BCUT2D eigenvalue weighted by molar-refractivity contribution is 0.0832. The SMILES string of the molecule is CN(C(=O)NC1CCC(CCN2CCC(C(=O)c3ccc(F)cc3)CC2)CC1)c1ccc(Cl)cc1. The Morgan fingerprint density at radius 3 is 2.23 bits per heavy atom. The largest absolute Gasteiger partial charge is 0.335 e. The number of halogens is 2. The van der Waals surface area contributed by atoms with E-state index in [0.717, 1.165) is 63.8 Å². The van der Waals surface area contributed by atoms with Crippen LogP contribution in [0.5, 0.6) is 0 Å². The fourth-order valence-corrected chi connectivity index (χ4v) is 5.41. The minimum Gasteiger partial charge on any atom is -0.335 e. The van der Waals surface area contributed by atoms with Gasteiger partial charge in [-0.15, -0.1) is 0 Å². The van der Waals surface area contributed by atoms with Crippen molar-refractivity contribution in [3.63, 3.8) is 0 Å². The van der Waals surface area contributed by atoms with Crippen LogP contribution < -0.4 is 10.2 Å². The van der Waals surface area contributed by atoms with Gasteiger partial charge in [-0.2, -0.15) is 0 Å². The molecule has 0 unspecified atom stereocenters. The number of Topliss-reactive ketones (excluding diaryl/α,β-unsaturated/α-hetero) is 1. The van der Waals surface area contributed by atoms with Crippen molar-refractivity contribution in [1.29, 1.82) is 0 Å². The van der Waals surface area contributed by atoms with Crippen molar-refractivity contribution in [1.82, 2.24) is 10.2 Å². The molecule has 0 bridgehead atoms. The fraction of sp³-hybridized carbons (Fsp3) is 0.500. The number of carbonyl (C=O) groups excluding carboxylic acids is 2. The molecular weight excluding hydrogens is 465 g/mol. The summed E-state index contributed by atoms with van der Waals surface area (Å²) < 4.78 is 13.1. The van der Waals surface area contributed by atoms with Gasteiger partial charge in [0.1, 0.15) is 5.82 Å². The smallest absolute Gasteiger partial charge is 0.321 e. The molecule has 2 fully saturated rings. The minimum atomic E-state index is -0.307. The minimum absolute atomic E-state index is 0.0433. The number of benzene rings is 2. The third-order valence-electron chi connectivity index (χ3n) is 7.63. The second kappa shape index (κ2) is 12.0. The first-order chi connectivity index (χ1) is 16.9. The molecule has 1 aliphatic heterocycles. The number of nitrogens with one attached hydrogen (secondary N) is 1. The average molecular weight is 500 g/mol. The van der Waals surface area contributed by atoms with Gasteiger partial charge in [-0.25, -0.2) is 9.18 Å². The van der Waals surface area contributed by atoms with Crippen molar-refractivity contribution < 1.29 is 14.0 Å². The van der Waals surface area contributed by atoms with Crippen LogP contribution in [0.4, 0.5) is 14.9 Å². The quantitative estimate of drug-likeness (QED) is 0.463. The van der Waals surface area contributed by atoms with E-state index in [1.165, 1.54) is 18.6 Å². The van der Waals surface area contributed by atoms with Gasteiger partial charge < -0.3 is 10.2 Å². The molecule has 4 rings (SSSR count). The summed E-state index contributed by atoms with van der Waals surface area (Å²) in [4.78, 5) is 29.4. The summed E-state index contributed by atoms with van der Waals surface area (Å²) in [7, 11) is 1.78. The van der Waals surface area contributed by atoms with Crippen LogP contribution in [0.1, 0.15) is 55.3 Å². The highest BCUT2D eigenvalue weighted by Crippen LogP contribution is 2.29. The van der Waals surface area contributed by atoms with Gasteiger partial charge in [-0.3, -0.25) is 9.69 Å². The van der Waals surface area contributed by atoms with Crippen LogP contribution in [-0.4, -0.2) is 49.4 Å². The molecule has 1 heterocycles. The first-order valence-corrected chi connectivity index (χ1v) is 13.1. The van der Waals surface area contributed by atoms with Crippen molar-refractivity contribution in [2.24, 2.45) is 11.8 Å². The van der Waals surface area contributed by atoms with Gasteiger partial charge in [0.2, 0.25) is 0 Å². The number of nitrogens with zero attached hydrogens (tertiary/aromatic N) is 2. The number of hydrogen-bond acceptors (Lipinski definition) is 3. The zero-order valence-corrected chi connectivity index (χ0v) is 21.1. The molecule has 1 aliphatic carbocycles. The summed E-state index contributed by atoms with van der Waals surface area (Å²) in [5, 5.41) is 3.84. The predicted octanol–water partition coefficient (Wildman–Crippen LogP) is 6.17. The van der Waals surface area contributed by atoms with Gasteiger partial charge in [0.25, 0.3) is 0 Å². The molecule has 0 spiro atoms. The molecule has 0 atom stereocenters. The molecule has 188 valence electrons. The van der Waals surface area contributed by atoms with Crippen molar-refractivity contribution in [2.75, 3.05) is 31.6 Å². The van der Waals surface area contributed by atoms with E-state index in [0.29, 0.717) is 16.5 Å². The van der Waals surface area contributed by atoms with Gasteiger partial charge in [-0.05, 0) is 119 Å². The van der Waals surface area contributed by atoms with Gasteiger partial charge >= 0.3 is 6.03 Å². The molecule has 1 N–H and O–H groups in total. The van der Waals surface area contributed by atoms with Crippen LogP contribution in [0.2, 0.25) is 5.02 Å². The molecular formula is C28H35ClFN3O2. The standard InChI is InChI=1S/C28H35ClFN3O2/c1-32(26-12-6-23(29)7-13-26)28(35)31-25-10-2-20(3-11-25)14-17-33-18-15-22(16-19-33)27(34)21-4-8-24(30)9-5-21/h4-9,12-13,20,22,25H,2-3,10-11,14-19H2,1H3,(H,31,35). The van der Waals surface area contributed by atoms with Gasteiger partial charge in [0, 0.05) is 35.3 Å². The molecule has 2 amide bonds. The van der Waals surface area contributed by atoms with Gasteiger partial charge in [-0.1, -0.05) is 11.6 Å². The van der Waals surface area contributed by atoms with Crippen LogP contribution in [0.3, 0.4) is 0 Å². The summed E-state index contributed by atoms with van der Waals surface area (Å²) >= 11 is 5.94. The Hall–Kier alpha value is -2.44. The van der Waals surface area contributed by atoms with E-state index in [1.54, 1.807) is 36.2 Å². The molecule has 35 heavy (non-hydrogen) atoms. The number of rotatable bonds is 7. The zero-order valence-electron chi connectivity index (χ0n) is 20.4. The number of urea groups is 1. The van der Waals surface area contributed by atoms with Crippen LogP contribution >= 0.6 is 11.6 Å². The highest BCUT2D eigenvalue weighted by molar-refractivity contribution is 6.30. The fourth-order valence-electron chi connectivity index (χ4n) is 5.28. The van der Waals surface area contributed by atoms with Crippen molar-refractivity contribution >= 4 is 29.1 Å². The Morgan fingerprint density at radius 2 is 1.60 bits per heavy atom. The first-order valence-electron chi connectivity index (χ1n) is 12.7.